The molecule has 7 heteroatoms. The summed E-state index contributed by atoms with van der Waals surface area (Å²) in [5.74, 6) is 0. The highest BCUT2D eigenvalue weighted by atomic mass is 79.9. The smallest absolute Gasteiger partial charge is 0.244 e. The third-order valence-electron chi connectivity index (χ3n) is 2.97. The van der Waals surface area contributed by atoms with E-state index in [4.69, 9.17) is 5.73 Å². The lowest BCUT2D eigenvalue weighted by Crippen LogP contribution is -2.43. The fourth-order valence-electron chi connectivity index (χ4n) is 2.18. The molecule has 0 aliphatic rings. The molecule has 2 N–H and O–H groups in total. The number of nitrogen functional groups attached to an aromatic ring is 1. The van der Waals surface area contributed by atoms with Crippen molar-refractivity contribution in [3.63, 3.8) is 0 Å². The van der Waals surface area contributed by atoms with Crippen LogP contribution in [0.3, 0.4) is 0 Å². The predicted molar refractivity (Wildman–Crippen MR) is 86.1 cm³/mol. The van der Waals surface area contributed by atoms with Crippen molar-refractivity contribution in [2.24, 2.45) is 0 Å². The fraction of sp³-hybridized carbons (Fsp3) is 0.538. The van der Waals surface area contributed by atoms with Gasteiger partial charge in [-0.15, -0.1) is 0 Å². The van der Waals surface area contributed by atoms with Crippen molar-refractivity contribution in [3.8, 4) is 0 Å². The van der Waals surface area contributed by atoms with Gasteiger partial charge in [-0.2, -0.15) is 4.31 Å². The van der Waals surface area contributed by atoms with Crippen molar-refractivity contribution >= 4 is 31.6 Å². The lowest BCUT2D eigenvalue weighted by atomic mass is 10.3. The quantitative estimate of drug-likeness (QED) is 0.784. The Morgan fingerprint density at radius 3 is 2.45 bits per heavy atom. The van der Waals surface area contributed by atoms with Gasteiger partial charge < -0.3 is 10.6 Å². The highest BCUT2D eigenvalue weighted by molar-refractivity contribution is 9.10. The highest BCUT2D eigenvalue weighted by Crippen LogP contribution is 2.28. The Balaban J connectivity index is 3.21. The van der Waals surface area contributed by atoms with Crippen LogP contribution in [0, 0.1) is 0 Å². The molecule has 1 unspecified atom stereocenters. The van der Waals surface area contributed by atoms with E-state index in [1.165, 1.54) is 10.4 Å². The summed E-state index contributed by atoms with van der Waals surface area (Å²) >= 11 is 3.29. The summed E-state index contributed by atoms with van der Waals surface area (Å²) in [6.45, 7) is 4.82. The van der Waals surface area contributed by atoms with Crippen molar-refractivity contribution in [1.82, 2.24) is 9.21 Å². The van der Waals surface area contributed by atoms with Crippen LogP contribution in [0.4, 0.5) is 5.69 Å². The third-order valence-corrected chi connectivity index (χ3v) is 6.06. The highest BCUT2D eigenvalue weighted by Gasteiger charge is 2.29. The van der Waals surface area contributed by atoms with E-state index in [0.717, 1.165) is 0 Å². The topological polar surface area (TPSA) is 66.6 Å². The molecule has 20 heavy (non-hydrogen) atoms. The molecule has 1 atom stereocenters. The Morgan fingerprint density at radius 2 is 1.95 bits per heavy atom. The molecule has 0 aliphatic heterocycles. The van der Waals surface area contributed by atoms with Gasteiger partial charge in [0.15, 0.2) is 0 Å². The van der Waals surface area contributed by atoms with Crippen LogP contribution < -0.4 is 5.73 Å². The maximum Gasteiger partial charge on any atom is 0.244 e. The number of hydrogen-bond donors (Lipinski definition) is 1. The Morgan fingerprint density at radius 1 is 1.35 bits per heavy atom. The molecule has 1 aromatic carbocycles. The fourth-order valence-corrected chi connectivity index (χ4v) is 4.77. The molecule has 0 bridgehead atoms. The molecule has 0 amide bonds. The number of sulfonamides is 1. The van der Waals surface area contributed by atoms with Gasteiger partial charge in [-0.05, 0) is 55.1 Å². The molecule has 5 nitrogen and oxygen atoms in total. The minimum Gasteiger partial charge on any atom is -0.399 e. The Kier molecular flexibility index (Phi) is 6.00. The Hall–Kier alpha value is -0.630. The lowest BCUT2D eigenvalue weighted by molar-refractivity contribution is 0.271. The van der Waals surface area contributed by atoms with E-state index in [-0.39, 0.29) is 10.9 Å². The standard InChI is InChI=1S/C13H22BrN3O2S/c1-5-17(10(2)9-16(3)4)20(18,19)13-8-11(15)6-7-12(13)14/h6-8,10H,5,9,15H2,1-4H3. The van der Waals surface area contributed by atoms with Gasteiger partial charge >= 0.3 is 0 Å². The zero-order valence-corrected chi connectivity index (χ0v) is 14.7. The number of halogens is 1. The zero-order chi connectivity index (χ0) is 15.5. The average molecular weight is 364 g/mol. The number of hydrogen-bond acceptors (Lipinski definition) is 4. The second-order valence-electron chi connectivity index (χ2n) is 5.01. The van der Waals surface area contributed by atoms with Crippen LogP contribution in [0.2, 0.25) is 0 Å². The van der Waals surface area contributed by atoms with Gasteiger partial charge in [-0.1, -0.05) is 6.92 Å². The molecule has 1 rings (SSSR count). The van der Waals surface area contributed by atoms with Gasteiger partial charge in [0, 0.05) is 29.3 Å². The maximum atomic E-state index is 12.8. The second-order valence-corrected chi connectivity index (χ2v) is 7.72. The Bertz CT molecular complexity index is 561. The molecule has 0 spiro atoms. The van der Waals surface area contributed by atoms with E-state index in [2.05, 4.69) is 15.9 Å². The van der Waals surface area contributed by atoms with Crippen LogP contribution in [0.25, 0.3) is 0 Å². The van der Waals surface area contributed by atoms with Crippen LogP contribution in [0.1, 0.15) is 13.8 Å². The molecule has 0 saturated carbocycles. The molecule has 0 aliphatic carbocycles. The number of nitrogens with zero attached hydrogens (tertiary/aromatic N) is 2. The monoisotopic (exact) mass is 363 g/mol. The number of likely N-dealkylation sites (N-methyl/N-ethyl adjacent to an activating group) is 2. The van der Waals surface area contributed by atoms with Crippen molar-refractivity contribution < 1.29 is 8.42 Å². The number of benzene rings is 1. The first-order chi connectivity index (χ1) is 9.20. The number of nitrogens with two attached hydrogens (primary N) is 1. The van der Waals surface area contributed by atoms with Crippen molar-refractivity contribution in [2.75, 3.05) is 32.9 Å². The molecular formula is C13H22BrN3O2S. The summed E-state index contributed by atoms with van der Waals surface area (Å²) < 4.78 is 27.6. The largest absolute Gasteiger partial charge is 0.399 e. The van der Waals surface area contributed by atoms with Crippen molar-refractivity contribution in [1.29, 1.82) is 0 Å². The maximum absolute atomic E-state index is 12.8. The average Bonchev–Trinajstić information content (AvgIpc) is 2.31. The first-order valence-electron chi connectivity index (χ1n) is 6.41. The van der Waals surface area contributed by atoms with E-state index < -0.39 is 10.0 Å². The molecule has 0 fully saturated rings. The molecular weight excluding hydrogens is 342 g/mol. The van der Waals surface area contributed by atoms with E-state index in [1.807, 2.05) is 32.8 Å². The van der Waals surface area contributed by atoms with Gasteiger partial charge in [0.1, 0.15) is 0 Å². The summed E-state index contributed by atoms with van der Waals surface area (Å²) in [5, 5.41) is 0. The Labute approximate surface area is 129 Å². The normalized spacial score (nSPS) is 13.9. The van der Waals surface area contributed by atoms with Crippen molar-refractivity contribution in [3.05, 3.63) is 22.7 Å². The van der Waals surface area contributed by atoms with Crippen LogP contribution in [-0.2, 0) is 10.0 Å². The molecule has 0 aromatic heterocycles. The van der Waals surface area contributed by atoms with Crippen LogP contribution >= 0.6 is 15.9 Å². The van der Waals surface area contributed by atoms with Crippen LogP contribution in [0.5, 0.6) is 0 Å². The molecule has 0 radical (unpaired) electrons. The van der Waals surface area contributed by atoms with E-state index in [1.54, 1.807) is 12.1 Å². The van der Waals surface area contributed by atoms with Gasteiger partial charge in [-0.25, -0.2) is 8.42 Å². The van der Waals surface area contributed by atoms with E-state index in [9.17, 15) is 8.42 Å². The summed E-state index contributed by atoms with van der Waals surface area (Å²) in [4.78, 5) is 2.18. The second kappa shape index (κ2) is 6.89. The number of anilines is 1. The minimum absolute atomic E-state index is 0.117. The first kappa shape index (κ1) is 17.4. The minimum atomic E-state index is -3.57. The SMILES string of the molecule is CCN(C(C)CN(C)C)S(=O)(=O)c1cc(N)ccc1Br. The van der Waals surface area contributed by atoms with Gasteiger partial charge in [0.25, 0.3) is 0 Å². The summed E-state index contributed by atoms with van der Waals surface area (Å²) in [6.07, 6.45) is 0. The van der Waals surface area contributed by atoms with Gasteiger partial charge in [0.2, 0.25) is 10.0 Å². The number of rotatable bonds is 6. The van der Waals surface area contributed by atoms with Crippen molar-refractivity contribution in [2.45, 2.75) is 24.8 Å². The molecule has 0 heterocycles. The zero-order valence-electron chi connectivity index (χ0n) is 12.3. The van der Waals surface area contributed by atoms with Crippen LogP contribution in [0.15, 0.2) is 27.6 Å². The van der Waals surface area contributed by atoms with Crippen LogP contribution in [-0.4, -0.2) is 50.8 Å². The summed E-state index contributed by atoms with van der Waals surface area (Å²) in [6, 6.07) is 4.70. The van der Waals surface area contributed by atoms with E-state index >= 15 is 0 Å². The summed E-state index contributed by atoms with van der Waals surface area (Å²) in [5.41, 5.74) is 6.14. The van der Waals surface area contributed by atoms with Gasteiger partial charge in [-0.3, -0.25) is 0 Å². The molecule has 1 aromatic rings. The lowest BCUT2D eigenvalue weighted by Gasteiger charge is -2.29. The summed E-state index contributed by atoms with van der Waals surface area (Å²) in [7, 11) is 0.279. The third kappa shape index (κ3) is 3.94. The molecule has 0 saturated heterocycles. The molecule has 114 valence electrons. The van der Waals surface area contributed by atoms with E-state index in [0.29, 0.717) is 23.2 Å². The predicted octanol–water partition coefficient (Wildman–Crippen LogP) is 1.99. The van der Waals surface area contributed by atoms with Gasteiger partial charge in [0.05, 0.1) is 4.90 Å². The first-order valence-corrected chi connectivity index (χ1v) is 8.65.